The Morgan fingerprint density at radius 3 is 2.47 bits per heavy atom. The van der Waals surface area contributed by atoms with Gasteiger partial charge in [0.15, 0.2) is 0 Å². The highest BCUT2D eigenvalue weighted by atomic mass is 16.5. The van der Waals surface area contributed by atoms with Gasteiger partial charge in [-0.3, -0.25) is 9.59 Å². The van der Waals surface area contributed by atoms with E-state index < -0.39 is 18.1 Å². The topological polar surface area (TPSA) is 76.1 Å². The fraction of sp³-hybridized carbons (Fsp3) is 0.333. The first kappa shape index (κ1) is 25.3. The van der Waals surface area contributed by atoms with Crippen molar-refractivity contribution in [3.05, 3.63) is 94.5 Å². The van der Waals surface area contributed by atoms with Gasteiger partial charge in [-0.05, 0) is 53.8 Å². The number of carbonyl (C=O) groups excluding carboxylic acids is 1. The predicted octanol–water partition coefficient (Wildman–Crippen LogP) is 5.48. The molecule has 188 valence electrons. The van der Waals surface area contributed by atoms with Crippen LogP contribution in [-0.4, -0.2) is 41.1 Å². The third-order valence-corrected chi connectivity index (χ3v) is 6.62. The molecule has 0 aliphatic carbocycles. The molecule has 0 bridgehead atoms. The standard InChI is InChI=1S/C30H33NO5/c1-20(2)22-11-9-21(10-12-22)16-30(3)17-25-15-23(13-14-27(25)36-30)29(34)31(19-28(32)33)18-24-7-5-6-8-26(24)35-4/h5-15,20H,16-19H2,1-4H3,(H,32,33)/t30-/m0/s1. The maximum absolute atomic E-state index is 13.4. The lowest BCUT2D eigenvalue weighted by atomic mass is 9.90. The third kappa shape index (κ3) is 5.70. The van der Waals surface area contributed by atoms with Gasteiger partial charge in [0.25, 0.3) is 5.91 Å². The minimum atomic E-state index is -1.07. The monoisotopic (exact) mass is 487 g/mol. The van der Waals surface area contributed by atoms with Gasteiger partial charge < -0.3 is 19.5 Å². The molecular weight excluding hydrogens is 454 g/mol. The quantitative estimate of drug-likeness (QED) is 0.432. The molecule has 4 rings (SSSR count). The second kappa shape index (κ2) is 10.4. The fourth-order valence-electron chi connectivity index (χ4n) is 4.79. The lowest BCUT2D eigenvalue weighted by Gasteiger charge is -2.24. The zero-order valence-electron chi connectivity index (χ0n) is 21.3. The summed E-state index contributed by atoms with van der Waals surface area (Å²) in [5, 5.41) is 9.45. The van der Waals surface area contributed by atoms with E-state index in [2.05, 4.69) is 45.0 Å². The van der Waals surface area contributed by atoms with Crippen molar-refractivity contribution in [2.45, 2.75) is 51.7 Å². The molecule has 1 amide bonds. The van der Waals surface area contributed by atoms with E-state index in [1.54, 1.807) is 19.2 Å². The van der Waals surface area contributed by atoms with E-state index in [0.717, 1.165) is 23.3 Å². The summed E-state index contributed by atoms with van der Waals surface area (Å²) in [6, 6.07) is 21.3. The molecule has 1 atom stereocenters. The molecule has 0 radical (unpaired) electrons. The number of hydrogen-bond donors (Lipinski definition) is 1. The molecule has 0 unspecified atom stereocenters. The molecular formula is C30H33NO5. The van der Waals surface area contributed by atoms with Crippen molar-refractivity contribution in [1.82, 2.24) is 4.90 Å². The summed E-state index contributed by atoms with van der Waals surface area (Å²) in [6.07, 6.45) is 1.42. The molecule has 0 spiro atoms. The zero-order chi connectivity index (χ0) is 25.9. The van der Waals surface area contributed by atoms with Gasteiger partial charge in [-0.1, -0.05) is 56.3 Å². The van der Waals surface area contributed by atoms with E-state index in [1.165, 1.54) is 16.0 Å². The maximum Gasteiger partial charge on any atom is 0.323 e. The normalized spacial score (nSPS) is 16.4. The highest BCUT2D eigenvalue weighted by Gasteiger charge is 2.35. The molecule has 0 aromatic heterocycles. The predicted molar refractivity (Wildman–Crippen MR) is 139 cm³/mol. The highest BCUT2D eigenvalue weighted by Crippen LogP contribution is 2.38. The van der Waals surface area contributed by atoms with Crippen LogP contribution in [0.3, 0.4) is 0 Å². The van der Waals surface area contributed by atoms with Crippen molar-refractivity contribution in [3.8, 4) is 11.5 Å². The average molecular weight is 488 g/mol. The Balaban J connectivity index is 1.52. The smallest absolute Gasteiger partial charge is 0.323 e. The SMILES string of the molecule is COc1ccccc1CN(CC(=O)O)C(=O)c1ccc2c(c1)C[C@](C)(Cc1ccc(C(C)C)cc1)O2. The molecule has 36 heavy (non-hydrogen) atoms. The molecule has 1 heterocycles. The maximum atomic E-state index is 13.4. The Hall–Kier alpha value is -3.80. The number of carbonyl (C=O) groups is 2. The third-order valence-electron chi connectivity index (χ3n) is 6.62. The number of para-hydroxylation sites is 1. The summed E-state index contributed by atoms with van der Waals surface area (Å²) in [5.41, 5.74) is 4.24. The lowest BCUT2D eigenvalue weighted by Crippen LogP contribution is -2.35. The first-order chi connectivity index (χ1) is 17.2. The van der Waals surface area contributed by atoms with Crippen molar-refractivity contribution in [2.75, 3.05) is 13.7 Å². The number of fused-ring (bicyclic) bond motifs is 1. The lowest BCUT2D eigenvalue weighted by molar-refractivity contribution is -0.137. The van der Waals surface area contributed by atoms with Crippen molar-refractivity contribution in [3.63, 3.8) is 0 Å². The molecule has 0 saturated heterocycles. The van der Waals surface area contributed by atoms with Crippen LogP contribution >= 0.6 is 0 Å². The van der Waals surface area contributed by atoms with Gasteiger partial charge in [-0.15, -0.1) is 0 Å². The largest absolute Gasteiger partial charge is 0.496 e. The Morgan fingerprint density at radius 2 is 1.81 bits per heavy atom. The summed E-state index contributed by atoms with van der Waals surface area (Å²) >= 11 is 0. The molecule has 3 aromatic carbocycles. The van der Waals surface area contributed by atoms with Crippen LogP contribution < -0.4 is 9.47 Å². The molecule has 1 aliphatic rings. The molecule has 0 fully saturated rings. The Bertz CT molecular complexity index is 1250. The highest BCUT2D eigenvalue weighted by molar-refractivity contribution is 5.96. The Morgan fingerprint density at radius 1 is 1.08 bits per heavy atom. The van der Waals surface area contributed by atoms with Crippen molar-refractivity contribution < 1.29 is 24.2 Å². The first-order valence-corrected chi connectivity index (χ1v) is 12.2. The van der Waals surface area contributed by atoms with Gasteiger partial charge >= 0.3 is 5.97 Å². The number of amides is 1. The van der Waals surface area contributed by atoms with Gasteiger partial charge in [0.05, 0.1) is 13.7 Å². The summed E-state index contributed by atoms with van der Waals surface area (Å²) in [7, 11) is 1.55. The van der Waals surface area contributed by atoms with E-state index in [-0.39, 0.29) is 12.5 Å². The first-order valence-electron chi connectivity index (χ1n) is 12.2. The number of nitrogens with zero attached hydrogens (tertiary/aromatic N) is 1. The molecule has 1 aliphatic heterocycles. The van der Waals surface area contributed by atoms with Crippen LogP contribution in [0.1, 0.15) is 59.3 Å². The summed E-state index contributed by atoms with van der Waals surface area (Å²) < 4.78 is 11.7. The van der Waals surface area contributed by atoms with Crippen LogP contribution in [-0.2, 0) is 24.2 Å². The van der Waals surface area contributed by atoms with Crippen LogP contribution in [0.25, 0.3) is 0 Å². The number of hydrogen-bond acceptors (Lipinski definition) is 4. The number of benzene rings is 3. The summed E-state index contributed by atoms with van der Waals surface area (Å²) in [6.45, 7) is 6.17. The van der Waals surface area contributed by atoms with Gasteiger partial charge in [-0.25, -0.2) is 0 Å². The minimum absolute atomic E-state index is 0.132. The molecule has 0 saturated carbocycles. The Labute approximate surface area is 212 Å². The van der Waals surface area contributed by atoms with E-state index in [0.29, 0.717) is 23.7 Å². The van der Waals surface area contributed by atoms with Crippen LogP contribution in [0.15, 0.2) is 66.7 Å². The van der Waals surface area contributed by atoms with E-state index in [9.17, 15) is 14.7 Å². The molecule has 6 nitrogen and oxygen atoms in total. The van der Waals surface area contributed by atoms with Gasteiger partial charge in [0, 0.05) is 24.0 Å². The van der Waals surface area contributed by atoms with Crippen LogP contribution in [0.4, 0.5) is 0 Å². The minimum Gasteiger partial charge on any atom is -0.496 e. The van der Waals surface area contributed by atoms with E-state index in [1.807, 2.05) is 30.3 Å². The number of rotatable bonds is 9. The van der Waals surface area contributed by atoms with Gasteiger partial charge in [0.1, 0.15) is 23.6 Å². The number of methoxy groups -OCH3 is 1. The molecule has 3 aromatic rings. The van der Waals surface area contributed by atoms with Gasteiger partial charge in [-0.2, -0.15) is 0 Å². The van der Waals surface area contributed by atoms with Crippen molar-refractivity contribution >= 4 is 11.9 Å². The van der Waals surface area contributed by atoms with Crippen LogP contribution in [0, 0.1) is 0 Å². The van der Waals surface area contributed by atoms with Crippen LogP contribution in [0.2, 0.25) is 0 Å². The van der Waals surface area contributed by atoms with Gasteiger partial charge in [0.2, 0.25) is 0 Å². The second-order valence-corrected chi connectivity index (χ2v) is 9.99. The number of aliphatic carboxylic acids is 1. The van der Waals surface area contributed by atoms with Crippen molar-refractivity contribution in [2.24, 2.45) is 0 Å². The summed E-state index contributed by atoms with van der Waals surface area (Å²) in [4.78, 5) is 26.3. The fourth-order valence-corrected chi connectivity index (χ4v) is 4.79. The van der Waals surface area contributed by atoms with Crippen molar-refractivity contribution in [1.29, 1.82) is 0 Å². The zero-order valence-corrected chi connectivity index (χ0v) is 21.3. The number of ether oxygens (including phenoxy) is 2. The molecule has 6 heteroatoms. The number of carboxylic acid groups (broad SMARTS) is 1. The molecule has 1 N–H and O–H groups in total. The summed E-state index contributed by atoms with van der Waals surface area (Å²) in [5.74, 6) is 0.451. The number of carboxylic acids is 1. The van der Waals surface area contributed by atoms with Crippen LogP contribution in [0.5, 0.6) is 11.5 Å². The second-order valence-electron chi connectivity index (χ2n) is 9.99. The average Bonchev–Trinajstić information content (AvgIpc) is 3.18. The Kier molecular flexibility index (Phi) is 7.34. The van der Waals surface area contributed by atoms with E-state index in [4.69, 9.17) is 9.47 Å². The van der Waals surface area contributed by atoms with E-state index >= 15 is 0 Å².